The summed E-state index contributed by atoms with van der Waals surface area (Å²) in [5, 5.41) is 1.50. The van der Waals surface area contributed by atoms with Crippen molar-refractivity contribution in [2.24, 2.45) is 0 Å². The second kappa shape index (κ2) is 48.3. The Hall–Kier alpha value is -16.3. The van der Waals surface area contributed by atoms with Crippen LogP contribution in [-0.4, -0.2) is 140 Å². The minimum absolute atomic E-state index is 0.0602. The monoisotopic (exact) mass is 1920 g/mol. The van der Waals surface area contributed by atoms with Crippen LogP contribution < -0.4 is 47.4 Å². The fourth-order valence-electron chi connectivity index (χ4n) is 15.4. The number of aryl methyl sites for hydroxylation is 5. The van der Waals surface area contributed by atoms with Gasteiger partial charge < -0.3 is 90.0 Å². The number of esters is 9. The molecule has 0 radical (unpaired) electrons. The van der Waals surface area contributed by atoms with Gasteiger partial charge in [-0.2, -0.15) is 0 Å². The summed E-state index contributed by atoms with van der Waals surface area (Å²) >= 11 is 0. The summed E-state index contributed by atoms with van der Waals surface area (Å²) in [5.41, 5.74) is 22.2. The number of ether oxygens (including phenoxy) is 19. The van der Waals surface area contributed by atoms with Crippen molar-refractivity contribution in [1.29, 1.82) is 0 Å². The van der Waals surface area contributed by atoms with Gasteiger partial charge >= 0.3 is 53.7 Å². The Balaban J connectivity index is 0.000000182. The molecule has 2 heterocycles. The molecule has 2 saturated heterocycles. The third-order valence-corrected chi connectivity index (χ3v) is 23.9. The molecule has 15 rings (SSSR count). The number of fused-ring (bicyclic) bond motifs is 4. The van der Waals surface area contributed by atoms with E-state index in [0.29, 0.717) is 116 Å². The highest BCUT2D eigenvalue weighted by atomic mass is 16.7. The van der Waals surface area contributed by atoms with Crippen LogP contribution in [0.25, 0.3) is 44.2 Å². The van der Waals surface area contributed by atoms with Gasteiger partial charge in [-0.15, -0.1) is 0 Å². The van der Waals surface area contributed by atoms with Gasteiger partial charge in [0.25, 0.3) is 0 Å². The van der Waals surface area contributed by atoms with Crippen LogP contribution in [-0.2, 0) is 68.2 Å². The number of hydrogen-bond donors (Lipinski definition) is 0. The number of benzene rings is 12. The normalized spacial score (nSPS) is 12.8. The summed E-state index contributed by atoms with van der Waals surface area (Å²) < 4.78 is 102. The Bertz CT molecular complexity index is 6590. The van der Waals surface area contributed by atoms with Crippen molar-refractivity contribution in [3.05, 3.63) is 357 Å². The van der Waals surface area contributed by atoms with E-state index in [1.54, 1.807) is 161 Å². The summed E-state index contributed by atoms with van der Waals surface area (Å²) in [6.07, 6.45) is 5.07. The maximum absolute atomic E-state index is 13.0. The van der Waals surface area contributed by atoms with Gasteiger partial charge in [0.1, 0.15) is 69.7 Å². The Morgan fingerprint density at radius 3 is 0.937 bits per heavy atom. The first-order valence-electron chi connectivity index (χ1n) is 45.4. The van der Waals surface area contributed by atoms with Gasteiger partial charge in [0, 0.05) is 36.6 Å². The van der Waals surface area contributed by atoms with Crippen molar-refractivity contribution < 1.29 is 133 Å². The standard InChI is InChI=1S/C44H38O12.C38H32O10.C32H38O6/c1-6-40(45)53-25-51-38-16-12-33(20-28(38)4)43(48)55-36-14-10-30(27(3)22-36)18-19-50-42(47)35-9-8-32-24-37(15-11-31(32)23-35)56-44(49)34-13-17-39(29(5)21-34)52-26-54-41(46)7-2;1-6-35(39)45-20-43-33-14-8-25(16-22(33)3)37(41)47-27-10-12-29-30-13-11-28(19-32(30)24(5)31(29)18-27)48-38(42)26-9-15-34(23(4)17-26)44-21-46-36(40)7-2;1-19-20(2)28(30-10-12-32(24(6)22(30)4)38-18-34-14-26-16-36-26)8-7-27(19)29-9-11-31(23(5)21(29)3)37-17-33-13-25-15-35-25/h6-17,20-24H,1-2,18-19,25-26H2,3-5H3;6-19,24H,1-2,20-21H2,3-5H3;7-12,25-26H,13-18H2,1-6H3. The molecule has 12 aromatic rings. The minimum atomic E-state index is -0.610. The second-order valence-electron chi connectivity index (χ2n) is 33.4. The van der Waals surface area contributed by atoms with Gasteiger partial charge in [-0.25, -0.2) is 43.2 Å². The molecule has 3 aliphatic rings. The number of carbonyl (C=O) groups is 9. The smallest absolute Gasteiger partial charge is 0.343 e. The van der Waals surface area contributed by atoms with E-state index in [9.17, 15) is 43.2 Å². The molecule has 2 unspecified atom stereocenters. The zero-order chi connectivity index (χ0) is 101. The zero-order valence-electron chi connectivity index (χ0n) is 80.8. The van der Waals surface area contributed by atoms with Crippen LogP contribution in [0, 0.1) is 76.2 Å². The molecule has 0 amide bonds. The maximum Gasteiger partial charge on any atom is 0.343 e. The second-order valence-corrected chi connectivity index (χ2v) is 33.4. The third kappa shape index (κ3) is 27.2. The lowest BCUT2D eigenvalue weighted by molar-refractivity contribution is -0.145. The molecule has 0 aromatic heterocycles. The Labute approximate surface area is 822 Å². The molecule has 2 fully saturated rings. The molecule has 28 heteroatoms. The molecule has 2 atom stereocenters. The van der Waals surface area contributed by atoms with Crippen LogP contribution in [0.1, 0.15) is 143 Å². The van der Waals surface area contributed by atoms with E-state index in [-0.39, 0.29) is 65.5 Å². The van der Waals surface area contributed by atoms with Crippen LogP contribution in [0.5, 0.6) is 57.5 Å². The van der Waals surface area contributed by atoms with Crippen LogP contribution in [0.4, 0.5) is 0 Å². The Kier molecular flexibility index (Phi) is 35.1. The summed E-state index contributed by atoms with van der Waals surface area (Å²) in [5.74, 6) is -0.178. The van der Waals surface area contributed by atoms with Gasteiger partial charge in [-0.1, -0.05) is 87.8 Å². The lowest BCUT2D eigenvalue weighted by atomic mass is 9.86. The minimum Gasteiger partial charge on any atom is -0.467 e. The first-order chi connectivity index (χ1) is 68.3. The van der Waals surface area contributed by atoms with E-state index < -0.39 is 53.7 Å². The number of epoxide rings is 2. The molecule has 12 aromatic carbocycles. The van der Waals surface area contributed by atoms with E-state index in [4.69, 9.17) is 90.0 Å². The van der Waals surface area contributed by atoms with Crippen molar-refractivity contribution >= 4 is 64.5 Å². The molecular formula is C114H108O28. The number of hydrogen-bond acceptors (Lipinski definition) is 28. The lowest BCUT2D eigenvalue weighted by Gasteiger charge is -2.20. The predicted molar refractivity (Wildman–Crippen MR) is 528 cm³/mol. The van der Waals surface area contributed by atoms with E-state index in [2.05, 4.69) is 92.1 Å². The quantitative estimate of drug-likeness (QED) is 0.00655. The van der Waals surface area contributed by atoms with Crippen molar-refractivity contribution in [2.45, 2.75) is 108 Å². The van der Waals surface area contributed by atoms with Crippen LogP contribution in [0.3, 0.4) is 0 Å². The van der Waals surface area contributed by atoms with E-state index >= 15 is 0 Å². The average molecular weight is 1930 g/mol. The highest BCUT2D eigenvalue weighted by molar-refractivity contribution is 5.98. The fraction of sp³-hybridized carbons (Fsp3) is 0.237. The Morgan fingerprint density at radius 1 is 0.296 bits per heavy atom. The van der Waals surface area contributed by atoms with Gasteiger partial charge in [0.05, 0.1) is 60.9 Å². The summed E-state index contributed by atoms with van der Waals surface area (Å²) in [6.45, 7) is 39.4. The molecule has 1 aliphatic carbocycles. The van der Waals surface area contributed by atoms with Crippen molar-refractivity contribution in [3.63, 3.8) is 0 Å². The van der Waals surface area contributed by atoms with E-state index in [1.165, 1.54) is 44.5 Å². The van der Waals surface area contributed by atoms with Gasteiger partial charge in [0.15, 0.2) is 13.6 Å². The van der Waals surface area contributed by atoms with Crippen molar-refractivity contribution in [1.82, 2.24) is 0 Å². The molecule has 0 N–H and O–H groups in total. The summed E-state index contributed by atoms with van der Waals surface area (Å²) in [7, 11) is 0. The molecule has 142 heavy (non-hydrogen) atoms. The predicted octanol–water partition coefficient (Wildman–Crippen LogP) is 21.1. The van der Waals surface area contributed by atoms with E-state index in [0.717, 1.165) is 104 Å². The third-order valence-electron chi connectivity index (χ3n) is 23.9. The molecule has 2 aliphatic heterocycles. The number of carbonyl (C=O) groups excluding carboxylic acids is 9. The summed E-state index contributed by atoms with van der Waals surface area (Å²) in [4.78, 5) is 109. The van der Waals surface area contributed by atoms with Crippen LogP contribution in [0.2, 0.25) is 0 Å². The lowest BCUT2D eigenvalue weighted by Crippen LogP contribution is -2.11. The van der Waals surface area contributed by atoms with E-state index in [1.807, 2.05) is 56.3 Å². The first kappa shape index (κ1) is 103. The summed E-state index contributed by atoms with van der Waals surface area (Å²) in [6, 6.07) is 58.4. The zero-order valence-corrected chi connectivity index (χ0v) is 80.8. The van der Waals surface area contributed by atoms with Crippen LogP contribution >= 0.6 is 0 Å². The molecule has 0 spiro atoms. The average Bonchev–Trinajstić information content (AvgIpc) is 1.72. The first-order valence-corrected chi connectivity index (χ1v) is 45.4. The SMILES string of the molecule is C=CC(=O)OCOc1ccc(C(=O)Oc2ccc(CCOC(=O)c3ccc4cc(OC(=O)c5ccc(OCOC(=O)C=C)c(C)c5)ccc4c3)c(C)c2)cc1C.C=CC(=O)OCOc1ccc(C(=O)Oc2ccc3c(c2)C(C)c2cc(OC(=O)c4ccc(OCOC(=O)C=C)c(C)c4)ccc2-3)cc1C.Cc1c(OCOCC2CO2)ccc(-c2ccc(-c3ccc(OCOCC4CO4)c(C)c3C)c(C)c2C)c1C. The maximum atomic E-state index is 13.0. The van der Waals surface area contributed by atoms with Gasteiger partial charge in [-0.05, 0) is 344 Å². The largest absolute Gasteiger partial charge is 0.467 e. The molecule has 0 bridgehead atoms. The van der Waals surface area contributed by atoms with Crippen molar-refractivity contribution in [2.75, 3.05) is 73.8 Å². The molecule has 28 nitrogen and oxygen atoms in total. The Morgan fingerprint density at radius 2 is 0.585 bits per heavy atom. The highest BCUT2D eigenvalue weighted by Gasteiger charge is 2.30. The molecular weight excluding hydrogens is 1820 g/mol. The van der Waals surface area contributed by atoms with Gasteiger partial charge in [0.2, 0.25) is 27.2 Å². The number of rotatable bonds is 40. The molecule has 732 valence electrons. The van der Waals surface area contributed by atoms with Gasteiger partial charge in [-0.3, -0.25) is 0 Å². The fourth-order valence-corrected chi connectivity index (χ4v) is 15.4. The molecule has 0 saturated carbocycles. The van der Waals surface area contributed by atoms with Crippen molar-refractivity contribution in [3.8, 4) is 90.9 Å². The van der Waals surface area contributed by atoms with Crippen LogP contribution in [0.15, 0.2) is 251 Å². The topological polar surface area (TPSA) is 336 Å². The highest BCUT2D eigenvalue weighted by Crippen LogP contribution is 2.48.